The second kappa shape index (κ2) is 5.24. The van der Waals surface area contributed by atoms with Crippen molar-refractivity contribution in [3.63, 3.8) is 0 Å². The molecule has 0 spiro atoms. The monoisotopic (exact) mass is 261 g/mol. The number of carbonyl (C=O) groups excluding carboxylic acids is 1. The Kier molecular flexibility index (Phi) is 3.66. The van der Waals surface area contributed by atoms with E-state index in [9.17, 15) is 14.7 Å². The summed E-state index contributed by atoms with van der Waals surface area (Å²) in [7, 11) is 0. The van der Waals surface area contributed by atoms with E-state index >= 15 is 0 Å². The fraction of sp³-hybridized carbons (Fsp3) is 0.286. The van der Waals surface area contributed by atoms with Crippen molar-refractivity contribution in [3.8, 4) is 0 Å². The van der Waals surface area contributed by atoms with E-state index in [1.165, 1.54) is 5.06 Å². The maximum absolute atomic E-state index is 12.4. The zero-order valence-electron chi connectivity index (χ0n) is 10.8. The molecule has 0 aliphatic carbocycles. The lowest BCUT2D eigenvalue weighted by Gasteiger charge is -2.18. The number of hydrogen-bond donors (Lipinski definition) is 1. The van der Waals surface area contributed by atoms with Crippen LogP contribution in [0, 0.1) is 0 Å². The summed E-state index contributed by atoms with van der Waals surface area (Å²) in [5, 5.41) is 10.6. The van der Waals surface area contributed by atoms with Gasteiger partial charge in [-0.1, -0.05) is 30.3 Å². The van der Waals surface area contributed by atoms with Crippen molar-refractivity contribution in [2.75, 3.05) is 6.54 Å². The molecule has 19 heavy (non-hydrogen) atoms. The van der Waals surface area contributed by atoms with Crippen molar-refractivity contribution in [3.05, 3.63) is 47.2 Å². The van der Waals surface area contributed by atoms with Crippen LogP contribution in [0.4, 0.5) is 0 Å². The second-order valence-electron chi connectivity index (χ2n) is 4.23. The van der Waals surface area contributed by atoms with Gasteiger partial charge in [-0.3, -0.25) is 9.59 Å². The van der Waals surface area contributed by atoms with Gasteiger partial charge in [0.15, 0.2) is 11.8 Å². The minimum absolute atomic E-state index is 0.195. The van der Waals surface area contributed by atoms with E-state index in [1.807, 2.05) is 0 Å². The van der Waals surface area contributed by atoms with Gasteiger partial charge in [0.1, 0.15) is 5.76 Å². The van der Waals surface area contributed by atoms with Crippen molar-refractivity contribution < 1.29 is 19.5 Å². The lowest BCUT2D eigenvalue weighted by molar-refractivity contribution is -0.160. The van der Waals surface area contributed by atoms with Crippen LogP contribution in [0.5, 0.6) is 0 Å². The highest BCUT2D eigenvalue weighted by Crippen LogP contribution is 2.28. The topological polar surface area (TPSA) is 66.8 Å². The van der Waals surface area contributed by atoms with Crippen LogP contribution < -0.4 is 0 Å². The van der Waals surface area contributed by atoms with Crippen LogP contribution in [0.1, 0.15) is 24.2 Å². The Hall–Kier alpha value is -2.14. The van der Waals surface area contributed by atoms with Gasteiger partial charge in [-0.05, 0) is 13.8 Å². The average molecular weight is 261 g/mol. The Labute approximate surface area is 111 Å². The summed E-state index contributed by atoms with van der Waals surface area (Å²) in [5.41, 5.74) is 0.658. The number of allylic oxidation sites excluding steroid dienone is 1. The number of likely N-dealkylation sites (N-methyl/N-ethyl adjacent to an activating group) is 1. The van der Waals surface area contributed by atoms with Crippen molar-refractivity contribution in [1.82, 2.24) is 5.06 Å². The third kappa shape index (κ3) is 2.37. The van der Waals surface area contributed by atoms with Crippen LogP contribution in [-0.2, 0) is 9.63 Å². The minimum atomic E-state index is -1.09. The molecule has 5 heteroatoms. The predicted octanol–water partition coefficient (Wildman–Crippen LogP) is 1.86. The molecule has 1 aliphatic rings. The molecule has 1 heterocycles. The highest BCUT2D eigenvalue weighted by molar-refractivity contribution is 6.12. The van der Waals surface area contributed by atoms with Crippen LogP contribution in [0.25, 0.3) is 0 Å². The molecule has 1 N–H and O–H groups in total. The minimum Gasteiger partial charge on any atom is -0.480 e. The molecule has 1 atom stereocenters. The Morgan fingerprint density at radius 1 is 1.32 bits per heavy atom. The van der Waals surface area contributed by atoms with Crippen LogP contribution in [0.3, 0.4) is 0 Å². The standard InChI is InChI=1S/C14H15NO4/c1-3-15-12(14(17)18)11(9(2)19-15)13(16)10-7-5-4-6-8-10/h4-8,12H,3H2,1-2H3,(H,17,18). The molecule has 0 saturated carbocycles. The summed E-state index contributed by atoms with van der Waals surface area (Å²) >= 11 is 0. The summed E-state index contributed by atoms with van der Waals surface area (Å²) in [4.78, 5) is 29.1. The van der Waals surface area contributed by atoms with E-state index in [2.05, 4.69) is 0 Å². The SMILES string of the molecule is CCN1OC(C)=C(C(=O)c2ccccc2)C1C(=O)O. The lowest BCUT2D eigenvalue weighted by Crippen LogP contribution is -2.39. The number of carboxylic acids is 1. The van der Waals surface area contributed by atoms with Gasteiger partial charge in [-0.2, -0.15) is 0 Å². The zero-order chi connectivity index (χ0) is 14.0. The number of benzene rings is 1. The smallest absolute Gasteiger partial charge is 0.329 e. The van der Waals surface area contributed by atoms with E-state index < -0.39 is 12.0 Å². The first kappa shape index (κ1) is 13.3. The fourth-order valence-corrected chi connectivity index (χ4v) is 2.14. The van der Waals surface area contributed by atoms with Crippen LogP contribution in [0.2, 0.25) is 0 Å². The second-order valence-corrected chi connectivity index (χ2v) is 4.23. The number of hydroxylamine groups is 2. The number of Topliss-reactive ketones (excluding diaryl/α,β-unsaturated/α-hetero) is 1. The first-order valence-corrected chi connectivity index (χ1v) is 6.04. The molecule has 0 amide bonds. The number of rotatable bonds is 4. The molecule has 1 aromatic carbocycles. The summed E-state index contributed by atoms with van der Waals surface area (Å²) in [6.45, 7) is 3.78. The van der Waals surface area contributed by atoms with Gasteiger partial charge >= 0.3 is 5.97 Å². The highest BCUT2D eigenvalue weighted by Gasteiger charge is 2.41. The summed E-state index contributed by atoms with van der Waals surface area (Å²) in [5.74, 6) is -1.04. The fourth-order valence-electron chi connectivity index (χ4n) is 2.14. The Balaban J connectivity index is 2.39. The number of carboxylic acid groups (broad SMARTS) is 1. The molecule has 0 bridgehead atoms. The van der Waals surface area contributed by atoms with Gasteiger partial charge < -0.3 is 9.94 Å². The van der Waals surface area contributed by atoms with E-state index in [-0.39, 0.29) is 11.4 Å². The summed E-state index contributed by atoms with van der Waals surface area (Å²) in [6, 6.07) is 7.57. The maximum atomic E-state index is 12.4. The summed E-state index contributed by atoms with van der Waals surface area (Å²) in [6.07, 6.45) is 0. The molecule has 2 rings (SSSR count). The molecular formula is C14H15NO4. The Morgan fingerprint density at radius 3 is 2.47 bits per heavy atom. The van der Waals surface area contributed by atoms with Gasteiger partial charge in [-0.25, -0.2) is 0 Å². The van der Waals surface area contributed by atoms with Crippen LogP contribution in [0.15, 0.2) is 41.7 Å². The zero-order valence-corrected chi connectivity index (χ0v) is 10.8. The first-order valence-electron chi connectivity index (χ1n) is 6.04. The maximum Gasteiger partial charge on any atom is 0.329 e. The van der Waals surface area contributed by atoms with Crippen LogP contribution >= 0.6 is 0 Å². The van der Waals surface area contributed by atoms with E-state index in [0.717, 1.165) is 0 Å². The normalized spacial score (nSPS) is 19.4. The molecule has 0 radical (unpaired) electrons. The molecule has 0 aromatic heterocycles. The van der Waals surface area contributed by atoms with Crippen molar-refractivity contribution in [2.45, 2.75) is 19.9 Å². The van der Waals surface area contributed by atoms with Gasteiger partial charge in [-0.15, -0.1) is 5.06 Å². The Morgan fingerprint density at radius 2 is 1.95 bits per heavy atom. The van der Waals surface area contributed by atoms with Crippen LogP contribution in [-0.4, -0.2) is 34.5 Å². The third-order valence-electron chi connectivity index (χ3n) is 3.02. The van der Waals surface area contributed by atoms with E-state index in [0.29, 0.717) is 17.9 Å². The molecule has 5 nitrogen and oxygen atoms in total. The van der Waals surface area contributed by atoms with Gasteiger partial charge in [0.05, 0.1) is 5.57 Å². The van der Waals surface area contributed by atoms with E-state index in [4.69, 9.17) is 4.84 Å². The van der Waals surface area contributed by atoms with E-state index in [1.54, 1.807) is 44.2 Å². The Bertz CT molecular complexity index is 536. The van der Waals surface area contributed by atoms with Crippen molar-refractivity contribution in [1.29, 1.82) is 0 Å². The number of nitrogens with zero attached hydrogens (tertiary/aromatic N) is 1. The number of aliphatic carboxylic acids is 1. The first-order chi connectivity index (χ1) is 9.06. The predicted molar refractivity (Wildman–Crippen MR) is 68.4 cm³/mol. The van der Waals surface area contributed by atoms with Gasteiger partial charge in [0, 0.05) is 12.1 Å². The molecule has 1 unspecified atom stereocenters. The molecule has 100 valence electrons. The van der Waals surface area contributed by atoms with Gasteiger partial charge in [0.25, 0.3) is 0 Å². The number of hydrogen-bond acceptors (Lipinski definition) is 4. The third-order valence-corrected chi connectivity index (χ3v) is 3.02. The molecule has 0 fully saturated rings. The molecular weight excluding hydrogens is 246 g/mol. The average Bonchev–Trinajstić information content (AvgIpc) is 2.76. The van der Waals surface area contributed by atoms with Crippen molar-refractivity contribution >= 4 is 11.8 Å². The van der Waals surface area contributed by atoms with Crippen molar-refractivity contribution in [2.24, 2.45) is 0 Å². The molecule has 1 aromatic rings. The molecule has 0 saturated heterocycles. The number of carbonyl (C=O) groups is 2. The molecule has 1 aliphatic heterocycles. The van der Waals surface area contributed by atoms with Gasteiger partial charge in [0.2, 0.25) is 0 Å². The quantitative estimate of drug-likeness (QED) is 0.838. The number of ketones is 1. The lowest BCUT2D eigenvalue weighted by atomic mass is 9.96. The largest absolute Gasteiger partial charge is 0.480 e. The summed E-state index contributed by atoms with van der Waals surface area (Å²) < 4.78 is 0. The highest BCUT2D eigenvalue weighted by atomic mass is 16.7.